The summed E-state index contributed by atoms with van der Waals surface area (Å²) in [4.78, 5) is 0. The Bertz CT molecular complexity index is 415. The number of aryl methyl sites for hydroxylation is 1. The van der Waals surface area contributed by atoms with Crippen molar-refractivity contribution in [2.45, 2.75) is 65.2 Å². The monoisotopic (exact) mass is 404 g/mol. The maximum absolute atomic E-state index is 6.45. The second kappa shape index (κ2) is 7.24. The molecule has 0 nitrogen and oxygen atoms in total. The molecule has 0 radical (unpaired) electrons. The second-order valence-corrected chi connectivity index (χ2v) is 12.6. The Kier molecular flexibility index (Phi) is 7.46. The third-order valence-electron chi connectivity index (χ3n) is 3.99. The van der Waals surface area contributed by atoms with Gasteiger partial charge in [-0.25, -0.2) is 0 Å². The van der Waals surface area contributed by atoms with E-state index in [1.807, 2.05) is 5.62 Å². The van der Waals surface area contributed by atoms with Gasteiger partial charge in [-0.05, 0) is 65.7 Å². The molecule has 118 valence electrons. The molecule has 0 spiro atoms. The number of halogens is 1. The van der Waals surface area contributed by atoms with Crippen LogP contribution in [-0.2, 0) is 26.8 Å². The summed E-state index contributed by atoms with van der Waals surface area (Å²) in [5.41, 5.74) is 3.40. The predicted molar refractivity (Wildman–Crippen MR) is 92.0 cm³/mol. The van der Waals surface area contributed by atoms with Crippen LogP contribution in [0.1, 0.15) is 54.0 Å². The SMILES string of the molecule is CCc1cccc([P+]([CH-]Cl)(C(C)(C)C)C(C)(C)C)c1.[Pd]. The van der Waals surface area contributed by atoms with Crippen LogP contribution < -0.4 is 5.30 Å². The van der Waals surface area contributed by atoms with E-state index in [-0.39, 0.29) is 30.7 Å². The van der Waals surface area contributed by atoms with Gasteiger partial charge in [0.1, 0.15) is 0 Å². The number of hydrogen-bond acceptors (Lipinski definition) is 0. The summed E-state index contributed by atoms with van der Waals surface area (Å²) < 4.78 is 0. The van der Waals surface area contributed by atoms with Gasteiger partial charge in [0, 0.05) is 20.4 Å². The molecule has 1 rings (SSSR count). The first-order valence-corrected chi connectivity index (χ1v) is 9.32. The Morgan fingerprint density at radius 3 is 1.90 bits per heavy atom. The van der Waals surface area contributed by atoms with E-state index in [1.54, 1.807) is 0 Å². The maximum atomic E-state index is 6.45. The van der Waals surface area contributed by atoms with E-state index in [0.717, 1.165) is 6.42 Å². The number of hydrogen-bond donors (Lipinski definition) is 0. The van der Waals surface area contributed by atoms with E-state index >= 15 is 0 Å². The average molecular weight is 405 g/mol. The molecular formula is C17H28ClPPd. The van der Waals surface area contributed by atoms with Crippen molar-refractivity contribution >= 4 is 24.2 Å². The third-order valence-corrected chi connectivity index (χ3v) is 10.5. The van der Waals surface area contributed by atoms with Crippen LogP contribution in [0.3, 0.4) is 0 Å². The van der Waals surface area contributed by atoms with Crippen molar-refractivity contribution in [1.82, 2.24) is 0 Å². The molecule has 0 aliphatic rings. The zero-order chi connectivity index (χ0) is 14.9. The van der Waals surface area contributed by atoms with Crippen LogP contribution in [0.15, 0.2) is 24.3 Å². The Hall–Kier alpha value is 0.602. The molecule has 0 atom stereocenters. The van der Waals surface area contributed by atoms with Crippen LogP contribution in [0.5, 0.6) is 0 Å². The molecule has 1 aromatic rings. The van der Waals surface area contributed by atoms with Gasteiger partial charge in [-0.3, -0.25) is 0 Å². The fraction of sp³-hybridized carbons (Fsp3) is 0.588. The van der Waals surface area contributed by atoms with Crippen molar-refractivity contribution in [1.29, 1.82) is 0 Å². The van der Waals surface area contributed by atoms with Crippen LogP contribution in [0.25, 0.3) is 0 Å². The van der Waals surface area contributed by atoms with Crippen molar-refractivity contribution in [3.05, 3.63) is 35.5 Å². The van der Waals surface area contributed by atoms with Crippen LogP contribution in [-0.4, -0.2) is 10.3 Å². The molecule has 3 heteroatoms. The first-order valence-electron chi connectivity index (χ1n) is 7.03. The largest absolute Gasteiger partial charge is 0.304 e. The van der Waals surface area contributed by atoms with Gasteiger partial charge in [-0.1, -0.05) is 31.9 Å². The molecule has 0 unspecified atom stereocenters. The van der Waals surface area contributed by atoms with Gasteiger partial charge in [-0.15, -0.1) is 0 Å². The van der Waals surface area contributed by atoms with E-state index in [1.165, 1.54) is 10.9 Å². The first-order chi connectivity index (χ1) is 8.60. The average Bonchev–Trinajstić information content (AvgIpc) is 2.27. The van der Waals surface area contributed by atoms with E-state index in [4.69, 9.17) is 11.6 Å². The van der Waals surface area contributed by atoms with Gasteiger partial charge in [0.15, 0.2) is 0 Å². The summed E-state index contributed by atoms with van der Waals surface area (Å²) in [7, 11) is -1.60. The molecular weight excluding hydrogens is 377 g/mol. The van der Waals surface area contributed by atoms with Crippen LogP contribution >= 0.6 is 18.9 Å². The predicted octanol–water partition coefficient (Wildman–Crippen LogP) is 5.84. The normalized spacial score (nSPS) is 13.0. The molecule has 0 heterocycles. The third kappa shape index (κ3) is 3.68. The Morgan fingerprint density at radius 1 is 1.05 bits per heavy atom. The van der Waals surface area contributed by atoms with Gasteiger partial charge in [0.25, 0.3) is 0 Å². The summed E-state index contributed by atoms with van der Waals surface area (Å²) in [5, 5.41) is 1.76. The van der Waals surface area contributed by atoms with E-state index in [0.29, 0.717) is 0 Å². The van der Waals surface area contributed by atoms with Gasteiger partial charge >= 0.3 is 0 Å². The molecule has 0 aromatic heterocycles. The van der Waals surface area contributed by atoms with Gasteiger partial charge in [-0.2, -0.15) is 0 Å². The van der Waals surface area contributed by atoms with Crippen molar-refractivity contribution in [2.75, 3.05) is 0 Å². The molecule has 20 heavy (non-hydrogen) atoms. The number of rotatable bonds is 3. The van der Waals surface area contributed by atoms with Crippen molar-refractivity contribution in [2.24, 2.45) is 0 Å². The van der Waals surface area contributed by atoms with E-state index in [9.17, 15) is 0 Å². The molecule has 0 amide bonds. The summed E-state index contributed by atoms with van der Waals surface area (Å²) in [6, 6.07) is 9.02. The minimum absolute atomic E-state index is 0. The Balaban J connectivity index is 0.00000361. The van der Waals surface area contributed by atoms with Gasteiger partial charge in [0.05, 0.1) is 15.6 Å². The zero-order valence-electron chi connectivity index (χ0n) is 13.7. The summed E-state index contributed by atoms with van der Waals surface area (Å²) in [6.45, 7) is 16.1. The minimum Gasteiger partial charge on any atom is -0.304 e. The second-order valence-electron chi connectivity index (χ2n) is 7.19. The minimum atomic E-state index is -1.60. The maximum Gasteiger partial charge on any atom is 0.0672 e. The molecule has 0 saturated heterocycles. The topological polar surface area (TPSA) is 0 Å². The summed E-state index contributed by atoms with van der Waals surface area (Å²) in [5.74, 6) is 0. The summed E-state index contributed by atoms with van der Waals surface area (Å²) in [6.07, 6.45) is 1.07. The van der Waals surface area contributed by atoms with Crippen molar-refractivity contribution in [3.8, 4) is 0 Å². The molecule has 0 saturated carbocycles. The van der Waals surface area contributed by atoms with Crippen LogP contribution in [0.4, 0.5) is 0 Å². The molecule has 1 aromatic carbocycles. The smallest absolute Gasteiger partial charge is 0.0672 e. The Labute approximate surface area is 145 Å². The number of benzene rings is 1. The first kappa shape index (κ1) is 20.6. The molecule has 0 bridgehead atoms. The molecule has 0 fully saturated rings. The standard InChI is InChI=1S/C17H28ClP.Pd/c1-8-14-10-9-11-15(12-14)19(13-18,16(2,3)4)17(5,6)7;/h9-13H,8H2,1-7H3;. The summed E-state index contributed by atoms with van der Waals surface area (Å²) >= 11 is 6.45. The van der Waals surface area contributed by atoms with Gasteiger partial charge < -0.3 is 11.6 Å². The molecule has 0 N–H and O–H groups in total. The van der Waals surface area contributed by atoms with Crippen molar-refractivity contribution < 1.29 is 20.4 Å². The van der Waals surface area contributed by atoms with E-state index in [2.05, 4.69) is 72.7 Å². The van der Waals surface area contributed by atoms with Gasteiger partial charge in [0.2, 0.25) is 0 Å². The van der Waals surface area contributed by atoms with Crippen LogP contribution in [0.2, 0.25) is 0 Å². The van der Waals surface area contributed by atoms with Crippen LogP contribution in [0, 0.1) is 5.62 Å². The quantitative estimate of drug-likeness (QED) is 0.337. The molecule has 0 aliphatic heterocycles. The Morgan fingerprint density at radius 2 is 1.55 bits per heavy atom. The van der Waals surface area contributed by atoms with Crippen molar-refractivity contribution in [3.63, 3.8) is 0 Å². The molecule has 0 aliphatic carbocycles. The van der Waals surface area contributed by atoms with E-state index < -0.39 is 7.26 Å². The fourth-order valence-corrected chi connectivity index (χ4v) is 10.2. The zero-order valence-corrected chi connectivity index (χ0v) is 16.9. The fourth-order valence-electron chi connectivity index (χ4n) is 3.13.